The highest BCUT2D eigenvalue weighted by Gasteiger charge is 2.08. The van der Waals surface area contributed by atoms with Gasteiger partial charge in [0.05, 0.1) is 12.7 Å². The Morgan fingerprint density at radius 2 is 1.63 bits per heavy atom. The number of hydrogen-bond donors (Lipinski definition) is 0. The maximum absolute atomic E-state index is 11.1. The van der Waals surface area contributed by atoms with Gasteiger partial charge in [-0.2, -0.15) is 0 Å². The van der Waals surface area contributed by atoms with Crippen LogP contribution in [0, 0.1) is 20.8 Å². The molecule has 0 atom stereocenters. The standard InChI is InChI=1S/C17H18O2/c1-11-7-13(3)16(8-12(11)2)14-5-6-17(19-4)15(9-14)10-18/h5-10H,1-4H3. The molecule has 98 valence electrons. The van der Waals surface area contributed by atoms with E-state index in [-0.39, 0.29) is 0 Å². The van der Waals surface area contributed by atoms with Gasteiger partial charge in [-0.15, -0.1) is 0 Å². The van der Waals surface area contributed by atoms with Crippen LogP contribution in [0.2, 0.25) is 0 Å². The van der Waals surface area contributed by atoms with Crippen molar-refractivity contribution in [3.05, 3.63) is 52.6 Å². The van der Waals surface area contributed by atoms with E-state index in [4.69, 9.17) is 4.74 Å². The maximum atomic E-state index is 11.1. The van der Waals surface area contributed by atoms with E-state index in [0.29, 0.717) is 11.3 Å². The van der Waals surface area contributed by atoms with Gasteiger partial charge in [-0.05, 0) is 60.7 Å². The van der Waals surface area contributed by atoms with Crippen LogP contribution >= 0.6 is 0 Å². The highest BCUT2D eigenvalue weighted by atomic mass is 16.5. The summed E-state index contributed by atoms with van der Waals surface area (Å²) in [5, 5.41) is 0. The van der Waals surface area contributed by atoms with Crippen molar-refractivity contribution in [1.82, 2.24) is 0 Å². The zero-order chi connectivity index (χ0) is 14.0. The van der Waals surface area contributed by atoms with Crippen molar-refractivity contribution in [2.45, 2.75) is 20.8 Å². The second kappa shape index (κ2) is 5.27. The summed E-state index contributed by atoms with van der Waals surface area (Å²) in [5.74, 6) is 0.611. The topological polar surface area (TPSA) is 26.3 Å². The van der Waals surface area contributed by atoms with E-state index in [2.05, 4.69) is 32.9 Å². The Hall–Kier alpha value is -2.09. The van der Waals surface area contributed by atoms with E-state index in [0.717, 1.165) is 17.4 Å². The van der Waals surface area contributed by atoms with Crippen LogP contribution in [0.4, 0.5) is 0 Å². The van der Waals surface area contributed by atoms with Gasteiger partial charge < -0.3 is 4.74 Å². The van der Waals surface area contributed by atoms with E-state index in [1.165, 1.54) is 16.7 Å². The van der Waals surface area contributed by atoms with Gasteiger partial charge in [0.15, 0.2) is 6.29 Å². The number of hydrogen-bond acceptors (Lipinski definition) is 2. The lowest BCUT2D eigenvalue weighted by Gasteiger charge is -2.12. The molecule has 0 heterocycles. The molecule has 2 aromatic rings. The molecule has 2 aromatic carbocycles. The number of methoxy groups -OCH3 is 1. The highest BCUT2D eigenvalue weighted by molar-refractivity contribution is 5.83. The number of carbonyl (C=O) groups excluding carboxylic acids is 1. The first-order valence-electron chi connectivity index (χ1n) is 6.28. The summed E-state index contributed by atoms with van der Waals surface area (Å²) in [5.41, 5.74) is 6.54. The molecule has 0 aliphatic carbocycles. The first kappa shape index (κ1) is 13.3. The van der Waals surface area contributed by atoms with Crippen molar-refractivity contribution in [3.63, 3.8) is 0 Å². The number of aldehydes is 1. The summed E-state index contributed by atoms with van der Waals surface area (Å²) in [6.45, 7) is 6.30. The summed E-state index contributed by atoms with van der Waals surface area (Å²) in [6, 6.07) is 10.1. The molecule has 2 rings (SSSR count). The van der Waals surface area contributed by atoms with Crippen molar-refractivity contribution < 1.29 is 9.53 Å². The summed E-state index contributed by atoms with van der Waals surface area (Å²) in [7, 11) is 1.57. The molecule has 0 fully saturated rings. The summed E-state index contributed by atoms with van der Waals surface area (Å²) in [4.78, 5) is 11.1. The normalized spacial score (nSPS) is 10.3. The van der Waals surface area contributed by atoms with Crippen molar-refractivity contribution in [1.29, 1.82) is 0 Å². The first-order valence-corrected chi connectivity index (χ1v) is 6.28. The summed E-state index contributed by atoms with van der Waals surface area (Å²) in [6.07, 6.45) is 0.832. The molecule has 0 unspecified atom stereocenters. The third-order valence-electron chi connectivity index (χ3n) is 3.51. The number of rotatable bonds is 3. The van der Waals surface area contributed by atoms with Gasteiger partial charge in [0.2, 0.25) is 0 Å². The maximum Gasteiger partial charge on any atom is 0.153 e. The monoisotopic (exact) mass is 254 g/mol. The van der Waals surface area contributed by atoms with Crippen LogP contribution in [0.15, 0.2) is 30.3 Å². The van der Waals surface area contributed by atoms with Crippen LogP contribution in [0.1, 0.15) is 27.0 Å². The van der Waals surface area contributed by atoms with Crippen molar-refractivity contribution >= 4 is 6.29 Å². The SMILES string of the molecule is COc1ccc(-c2cc(C)c(C)cc2C)cc1C=O. The van der Waals surface area contributed by atoms with E-state index in [9.17, 15) is 4.79 Å². The zero-order valence-corrected chi connectivity index (χ0v) is 11.8. The molecule has 19 heavy (non-hydrogen) atoms. The molecule has 0 aliphatic heterocycles. The predicted octanol–water partition coefficient (Wildman–Crippen LogP) is 4.10. The molecule has 0 saturated heterocycles. The molecule has 0 aromatic heterocycles. The van der Waals surface area contributed by atoms with Gasteiger partial charge in [0.1, 0.15) is 5.75 Å². The molecule has 0 amide bonds. The van der Waals surface area contributed by atoms with Crippen LogP contribution < -0.4 is 4.74 Å². The minimum Gasteiger partial charge on any atom is -0.496 e. The molecule has 0 bridgehead atoms. The van der Waals surface area contributed by atoms with Gasteiger partial charge in [0, 0.05) is 0 Å². The third kappa shape index (κ3) is 2.53. The Morgan fingerprint density at radius 1 is 0.947 bits per heavy atom. The van der Waals surface area contributed by atoms with E-state index in [1.54, 1.807) is 7.11 Å². The predicted molar refractivity (Wildman–Crippen MR) is 78.0 cm³/mol. The second-order valence-electron chi connectivity index (χ2n) is 4.83. The molecule has 0 radical (unpaired) electrons. The van der Waals surface area contributed by atoms with Gasteiger partial charge in [-0.3, -0.25) is 4.79 Å². The molecule has 0 spiro atoms. The van der Waals surface area contributed by atoms with Gasteiger partial charge in [-0.1, -0.05) is 18.2 Å². The van der Waals surface area contributed by atoms with E-state index >= 15 is 0 Å². The fraction of sp³-hybridized carbons (Fsp3) is 0.235. The van der Waals surface area contributed by atoms with Crippen LogP contribution in [0.3, 0.4) is 0 Å². The minimum absolute atomic E-state index is 0.581. The Bertz CT molecular complexity index is 627. The molecular weight excluding hydrogens is 236 g/mol. The highest BCUT2D eigenvalue weighted by Crippen LogP contribution is 2.29. The Kier molecular flexibility index (Phi) is 3.70. The Balaban J connectivity index is 2.59. The van der Waals surface area contributed by atoms with Gasteiger partial charge >= 0.3 is 0 Å². The molecule has 0 N–H and O–H groups in total. The quantitative estimate of drug-likeness (QED) is 0.771. The van der Waals surface area contributed by atoms with Gasteiger partial charge in [-0.25, -0.2) is 0 Å². The van der Waals surface area contributed by atoms with Crippen molar-refractivity contribution in [2.75, 3.05) is 7.11 Å². The largest absolute Gasteiger partial charge is 0.496 e. The Labute approximate surface area is 114 Å². The van der Waals surface area contributed by atoms with Crippen LogP contribution in [0.5, 0.6) is 5.75 Å². The smallest absolute Gasteiger partial charge is 0.153 e. The number of benzene rings is 2. The van der Waals surface area contributed by atoms with Crippen LogP contribution in [-0.2, 0) is 0 Å². The minimum atomic E-state index is 0.581. The van der Waals surface area contributed by atoms with Crippen molar-refractivity contribution in [3.8, 4) is 16.9 Å². The summed E-state index contributed by atoms with van der Waals surface area (Å²) >= 11 is 0. The van der Waals surface area contributed by atoms with Crippen LogP contribution in [0.25, 0.3) is 11.1 Å². The third-order valence-corrected chi connectivity index (χ3v) is 3.51. The average Bonchev–Trinajstić information content (AvgIpc) is 2.42. The molecule has 2 nitrogen and oxygen atoms in total. The van der Waals surface area contributed by atoms with E-state index < -0.39 is 0 Å². The van der Waals surface area contributed by atoms with Crippen LogP contribution in [-0.4, -0.2) is 13.4 Å². The molecule has 0 saturated carbocycles. The number of aryl methyl sites for hydroxylation is 3. The number of carbonyl (C=O) groups is 1. The fourth-order valence-electron chi connectivity index (χ4n) is 2.27. The Morgan fingerprint density at radius 3 is 2.26 bits per heavy atom. The molecular formula is C17H18O2. The lowest BCUT2D eigenvalue weighted by Crippen LogP contribution is -1.93. The second-order valence-corrected chi connectivity index (χ2v) is 4.83. The number of ether oxygens (including phenoxy) is 1. The average molecular weight is 254 g/mol. The molecule has 0 aliphatic rings. The van der Waals surface area contributed by atoms with Crippen molar-refractivity contribution in [2.24, 2.45) is 0 Å². The first-order chi connectivity index (χ1) is 9.06. The summed E-state index contributed by atoms with van der Waals surface area (Å²) < 4.78 is 5.17. The van der Waals surface area contributed by atoms with Gasteiger partial charge in [0.25, 0.3) is 0 Å². The zero-order valence-electron chi connectivity index (χ0n) is 11.8. The van der Waals surface area contributed by atoms with E-state index in [1.807, 2.05) is 18.2 Å². The fourth-order valence-corrected chi connectivity index (χ4v) is 2.27. The molecule has 2 heteroatoms. The lowest BCUT2D eigenvalue weighted by molar-refractivity contribution is 0.112. The lowest BCUT2D eigenvalue weighted by atomic mass is 9.94.